The van der Waals surface area contributed by atoms with E-state index in [9.17, 15) is 19.2 Å². The Kier molecular flexibility index (Phi) is 15.2. The van der Waals surface area contributed by atoms with Gasteiger partial charge >= 0.3 is 24.4 Å². The van der Waals surface area contributed by atoms with Crippen molar-refractivity contribution in [2.24, 2.45) is 5.73 Å². The molecule has 2 atom stereocenters. The first-order chi connectivity index (χ1) is 17.7. The van der Waals surface area contributed by atoms with Gasteiger partial charge in [-0.05, 0) is 50.8 Å². The largest absolute Gasteiger partial charge is 0.513 e. The molecule has 2 N–H and O–H groups in total. The van der Waals surface area contributed by atoms with Gasteiger partial charge in [-0.3, -0.25) is 4.79 Å². The molecule has 37 heavy (non-hydrogen) atoms. The average Bonchev–Trinajstić information content (AvgIpc) is 2.84. The molecular weight excluding hydrogens is 490 g/mol. The summed E-state index contributed by atoms with van der Waals surface area (Å²) >= 11 is 0. The lowest BCUT2D eigenvalue weighted by Gasteiger charge is -2.16. The second-order valence-corrected chi connectivity index (χ2v) is 7.94. The molecule has 12 heteroatoms. The van der Waals surface area contributed by atoms with Crippen LogP contribution < -0.4 is 15.2 Å². The monoisotopic (exact) mass is 527 g/mol. The number of rotatable bonds is 15. The van der Waals surface area contributed by atoms with E-state index in [1.807, 2.05) is 13.8 Å². The third-order valence-electron chi connectivity index (χ3n) is 4.61. The number of carbonyl (C=O) groups excluding carboxylic acids is 4. The molecule has 0 unspecified atom stereocenters. The van der Waals surface area contributed by atoms with Crippen LogP contribution in [-0.2, 0) is 34.9 Å². The van der Waals surface area contributed by atoms with Crippen molar-refractivity contribution in [3.8, 4) is 11.5 Å². The first-order valence-corrected chi connectivity index (χ1v) is 12.3. The third-order valence-corrected chi connectivity index (χ3v) is 4.61. The van der Waals surface area contributed by atoms with Crippen molar-refractivity contribution < 1.29 is 52.3 Å². The van der Waals surface area contributed by atoms with Gasteiger partial charge in [0.1, 0.15) is 18.8 Å². The van der Waals surface area contributed by atoms with Gasteiger partial charge in [-0.1, -0.05) is 32.8 Å². The lowest BCUT2D eigenvalue weighted by Crippen LogP contribution is -2.36. The minimum Gasteiger partial charge on any atom is -0.461 e. The Hall–Kier alpha value is -3.54. The fourth-order valence-corrected chi connectivity index (χ4v) is 2.68. The quantitative estimate of drug-likeness (QED) is 0.149. The summed E-state index contributed by atoms with van der Waals surface area (Å²) in [6.45, 7) is 7.35. The first kappa shape index (κ1) is 31.5. The van der Waals surface area contributed by atoms with Gasteiger partial charge in [0.25, 0.3) is 0 Å². The minimum absolute atomic E-state index is 0.00835. The van der Waals surface area contributed by atoms with Crippen molar-refractivity contribution in [1.29, 1.82) is 0 Å². The summed E-state index contributed by atoms with van der Waals surface area (Å²) in [7, 11) is 0. The molecule has 1 rings (SSSR count). The lowest BCUT2D eigenvalue weighted by atomic mass is 10.1. The number of esters is 1. The number of nitrogens with two attached hydrogens (primary N) is 1. The summed E-state index contributed by atoms with van der Waals surface area (Å²) in [6.07, 6.45) is -0.545. The van der Waals surface area contributed by atoms with Crippen molar-refractivity contribution in [1.82, 2.24) is 0 Å². The summed E-state index contributed by atoms with van der Waals surface area (Å²) in [4.78, 5) is 47.7. The molecule has 0 radical (unpaired) electrons. The summed E-state index contributed by atoms with van der Waals surface area (Å²) in [5.74, 6) is -0.914. The summed E-state index contributed by atoms with van der Waals surface area (Å²) in [5.41, 5.74) is 6.45. The number of ether oxygens (including phenoxy) is 7. The molecule has 208 valence electrons. The van der Waals surface area contributed by atoms with E-state index in [2.05, 4.69) is 4.74 Å². The van der Waals surface area contributed by atoms with Crippen LogP contribution in [0.3, 0.4) is 0 Å². The van der Waals surface area contributed by atoms with Crippen LogP contribution in [-0.4, -0.2) is 63.0 Å². The van der Waals surface area contributed by atoms with Gasteiger partial charge in [-0.15, -0.1) is 0 Å². The Morgan fingerprint density at radius 2 is 1.41 bits per heavy atom. The van der Waals surface area contributed by atoms with Gasteiger partial charge < -0.3 is 38.9 Å². The van der Waals surface area contributed by atoms with E-state index < -0.39 is 36.6 Å². The fraction of sp³-hybridized carbons (Fsp3) is 0.600. The lowest BCUT2D eigenvalue weighted by molar-refractivity contribution is -0.148. The van der Waals surface area contributed by atoms with Gasteiger partial charge in [0.15, 0.2) is 11.5 Å². The zero-order valence-electron chi connectivity index (χ0n) is 21.8. The number of unbranched alkanes of at least 4 members (excludes halogenated alkanes) is 2. The summed E-state index contributed by atoms with van der Waals surface area (Å²) in [5, 5.41) is 0. The molecule has 0 aromatic heterocycles. The zero-order chi connectivity index (χ0) is 27.6. The molecule has 0 fully saturated rings. The van der Waals surface area contributed by atoms with E-state index in [4.69, 9.17) is 34.2 Å². The number of hydrogen-bond donors (Lipinski definition) is 1. The highest BCUT2D eigenvalue weighted by Crippen LogP contribution is 2.30. The van der Waals surface area contributed by atoms with Gasteiger partial charge in [0, 0.05) is 0 Å². The highest BCUT2D eigenvalue weighted by molar-refractivity contribution is 5.76. The first-order valence-electron chi connectivity index (χ1n) is 12.3. The molecule has 0 saturated heterocycles. The van der Waals surface area contributed by atoms with Crippen LogP contribution in [0.15, 0.2) is 18.2 Å². The number of hydrogen-bond acceptors (Lipinski definition) is 12. The van der Waals surface area contributed by atoms with Crippen molar-refractivity contribution in [3.63, 3.8) is 0 Å². The van der Waals surface area contributed by atoms with E-state index >= 15 is 0 Å². The molecule has 1 aromatic carbocycles. The fourth-order valence-electron chi connectivity index (χ4n) is 2.68. The van der Waals surface area contributed by atoms with Crippen molar-refractivity contribution in [3.05, 3.63) is 23.8 Å². The molecule has 1 aromatic rings. The van der Waals surface area contributed by atoms with Crippen LogP contribution >= 0.6 is 0 Å². The topological polar surface area (TPSA) is 159 Å². The molecule has 12 nitrogen and oxygen atoms in total. The van der Waals surface area contributed by atoms with Gasteiger partial charge in [0.2, 0.25) is 0 Å². The molecular formula is C25H37NO11. The Morgan fingerprint density at radius 3 is 1.97 bits per heavy atom. The number of carbonyl (C=O) groups is 4. The Labute approximate surface area is 216 Å². The second kappa shape index (κ2) is 17.8. The van der Waals surface area contributed by atoms with Crippen LogP contribution in [0.2, 0.25) is 0 Å². The van der Waals surface area contributed by atoms with E-state index in [1.165, 1.54) is 19.1 Å². The van der Waals surface area contributed by atoms with E-state index in [0.717, 1.165) is 12.8 Å². The second-order valence-electron chi connectivity index (χ2n) is 7.94. The molecule has 0 amide bonds. The van der Waals surface area contributed by atoms with Crippen LogP contribution in [0.4, 0.5) is 14.4 Å². The predicted molar refractivity (Wildman–Crippen MR) is 130 cm³/mol. The van der Waals surface area contributed by atoms with Gasteiger partial charge in [0.05, 0.1) is 19.8 Å². The van der Waals surface area contributed by atoms with E-state index in [1.54, 1.807) is 13.0 Å². The highest BCUT2D eigenvalue weighted by Gasteiger charge is 2.21. The maximum atomic E-state index is 12.3. The molecule has 0 saturated carbocycles. The van der Waals surface area contributed by atoms with Crippen LogP contribution in [0.1, 0.15) is 58.9 Å². The average molecular weight is 528 g/mol. The molecule has 0 aliphatic heterocycles. The van der Waals surface area contributed by atoms with Gasteiger partial charge in [-0.25, -0.2) is 14.4 Å². The van der Waals surface area contributed by atoms with Crippen LogP contribution in [0, 0.1) is 0 Å². The molecule has 0 bridgehead atoms. The maximum Gasteiger partial charge on any atom is 0.513 e. The minimum atomic E-state index is -1.08. The molecule has 0 aliphatic carbocycles. The van der Waals surface area contributed by atoms with Crippen molar-refractivity contribution in [2.45, 2.75) is 71.9 Å². The SMILES string of the molecule is CCCCOC(=O)Oc1ccc(C[C@H](N)C(=O)OC[C@H](C)OC(=O)OCC)cc1OC(=O)OCCCC. The maximum absolute atomic E-state index is 12.3. The Balaban J connectivity index is 2.83. The Morgan fingerprint density at radius 1 is 0.811 bits per heavy atom. The summed E-state index contributed by atoms with van der Waals surface area (Å²) in [6, 6.07) is 3.25. The predicted octanol–water partition coefficient (Wildman–Crippen LogP) is 4.29. The standard InChI is InChI=1S/C25H37NO11/c1-5-8-12-32-24(29)36-20-11-10-18(15-21(20)37-25(30)33-13-9-6-2)14-19(26)22(27)34-16-17(4)35-23(28)31-7-3/h10-11,15,17,19H,5-9,12-14,16,26H2,1-4H3/t17-,19-/m0/s1. The van der Waals surface area contributed by atoms with Crippen LogP contribution in [0.25, 0.3) is 0 Å². The highest BCUT2D eigenvalue weighted by atomic mass is 16.7. The number of benzene rings is 1. The molecule has 0 spiro atoms. The van der Waals surface area contributed by atoms with E-state index in [-0.39, 0.29) is 44.3 Å². The normalized spacial score (nSPS) is 12.0. The molecule has 0 aliphatic rings. The molecule has 0 heterocycles. The van der Waals surface area contributed by atoms with Gasteiger partial charge in [-0.2, -0.15) is 0 Å². The van der Waals surface area contributed by atoms with E-state index in [0.29, 0.717) is 18.4 Å². The van der Waals surface area contributed by atoms with Crippen molar-refractivity contribution >= 4 is 24.4 Å². The summed E-state index contributed by atoms with van der Waals surface area (Å²) < 4.78 is 35.1. The zero-order valence-corrected chi connectivity index (χ0v) is 21.8. The smallest absolute Gasteiger partial charge is 0.461 e. The van der Waals surface area contributed by atoms with Crippen molar-refractivity contribution in [2.75, 3.05) is 26.4 Å². The Bertz CT molecular complexity index is 874. The van der Waals surface area contributed by atoms with Crippen LogP contribution in [0.5, 0.6) is 11.5 Å². The third kappa shape index (κ3) is 13.4.